The highest BCUT2D eigenvalue weighted by Crippen LogP contribution is 2.44. The number of benzene rings is 17. The number of fused-ring (bicyclic) bond motifs is 18. The van der Waals surface area contributed by atoms with Crippen LogP contribution in [0.4, 0.5) is 0 Å². The highest BCUT2D eigenvalue weighted by Gasteiger charge is 2.42. The maximum atomic E-state index is 6.66. The van der Waals surface area contributed by atoms with E-state index in [-0.39, 0.29) is 0 Å². The molecule has 0 saturated carbocycles. The van der Waals surface area contributed by atoms with E-state index in [4.69, 9.17) is 8.83 Å². The zero-order valence-corrected chi connectivity index (χ0v) is 60.8. The molecule has 508 valence electrons. The minimum Gasteiger partial charge on any atom is -0.456 e. The lowest BCUT2D eigenvalue weighted by Gasteiger charge is -2.35. The standard InChI is InChI=1S/C102H63N3O2SSi/c1-3-25-74(26-4-1)109(75-27-5-2-6-28-75,76-29-18-23-70(56-76)78-36-20-37-84-83-35-11-16-42-101(83)108-102(78)84)77-30-19-24-71(61-77)103-93-40-14-9-33-81(93)85-57-66(43-49-95(85)103)67-44-50-96-86(58-67)82-34-10-15-41-94(82)105(96)73-48-54-100-90(63-73)88-60-69(46-52-98(88)107-100)65-22-17-21-64(55-65)68-45-51-97-87(59-68)89-62-72(47-53-99(89)106-97)104-91-38-12-7-31-79(91)80-32-8-13-39-92(80)104/h1-63H. The van der Waals surface area contributed by atoms with Crippen LogP contribution in [-0.2, 0) is 0 Å². The first-order valence-electron chi connectivity index (χ1n) is 37.3. The average Bonchev–Trinajstić information content (AvgIpc) is 1.12. The van der Waals surface area contributed by atoms with Gasteiger partial charge >= 0.3 is 0 Å². The first kappa shape index (κ1) is 61.5. The normalized spacial score (nSPS) is 12.2. The second kappa shape index (κ2) is 24.1. The number of thiophene rings is 1. The third-order valence-electron chi connectivity index (χ3n) is 23.2. The molecule has 6 aromatic heterocycles. The van der Waals surface area contributed by atoms with Gasteiger partial charge in [0.15, 0.2) is 8.07 Å². The smallest absolute Gasteiger partial charge is 0.179 e. The third-order valence-corrected chi connectivity index (χ3v) is 29.1. The molecule has 23 rings (SSSR count). The molecule has 17 aromatic carbocycles. The molecule has 5 nitrogen and oxygen atoms in total. The monoisotopic (exact) mass is 1420 g/mol. The molecule has 0 aliphatic carbocycles. The molecule has 0 unspecified atom stereocenters. The van der Waals surface area contributed by atoms with E-state index >= 15 is 0 Å². The Morgan fingerprint density at radius 3 is 1.07 bits per heavy atom. The molecule has 6 heterocycles. The zero-order chi connectivity index (χ0) is 71.4. The fraction of sp³-hybridized carbons (Fsp3) is 0. The molecule has 0 fully saturated rings. The minimum atomic E-state index is -3.04. The van der Waals surface area contributed by atoms with Crippen molar-refractivity contribution in [2.24, 2.45) is 0 Å². The number of hydrogen-bond acceptors (Lipinski definition) is 3. The summed E-state index contributed by atoms with van der Waals surface area (Å²) < 4.78 is 23.1. The zero-order valence-electron chi connectivity index (χ0n) is 58.9. The van der Waals surface area contributed by atoms with Crippen molar-refractivity contribution in [1.29, 1.82) is 0 Å². The van der Waals surface area contributed by atoms with Crippen LogP contribution in [0.1, 0.15) is 0 Å². The van der Waals surface area contributed by atoms with E-state index < -0.39 is 8.07 Å². The van der Waals surface area contributed by atoms with Gasteiger partial charge in [-0.05, 0) is 199 Å². The Hall–Kier alpha value is -13.8. The molecule has 0 aliphatic heterocycles. The Bertz CT molecular complexity index is 7600. The minimum absolute atomic E-state index is 0.854. The summed E-state index contributed by atoms with van der Waals surface area (Å²) in [7, 11) is -3.04. The Morgan fingerprint density at radius 2 is 0.550 bits per heavy atom. The molecule has 23 aromatic rings. The molecule has 0 bridgehead atoms. The lowest BCUT2D eigenvalue weighted by molar-refractivity contribution is 0.668. The van der Waals surface area contributed by atoms with Crippen LogP contribution in [0.5, 0.6) is 0 Å². The second-order valence-corrected chi connectivity index (χ2v) is 33.9. The SMILES string of the molecule is c1ccc([Si](c2ccccc2)(c2cccc(-c3cccc4c3sc3ccccc34)c2)c2cccc(-n3c4ccccc4c4cc(-c5ccc6c(c5)c5ccccc5n6-c5ccc6oc7ccc(-c8cccc(-c9ccc%10oc%11ccc(-n%12c%13ccccc%13c%13ccccc%13%12)cc%11c%10c9)c8)cc7c6c5)ccc43)c2)cc1. The molecule has 0 aliphatic rings. The molecule has 0 amide bonds. The van der Waals surface area contributed by atoms with Gasteiger partial charge in [-0.3, -0.25) is 0 Å². The Morgan fingerprint density at radius 1 is 0.202 bits per heavy atom. The van der Waals surface area contributed by atoms with Crippen molar-refractivity contribution in [3.63, 3.8) is 0 Å². The predicted molar refractivity (Wildman–Crippen MR) is 462 cm³/mol. The Kier molecular flexibility index (Phi) is 13.6. The summed E-state index contributed by atoms with van der Waals surface area (Å²) in [6.45, 7) is 0. The highest BCUT2D eigenvalue weighted by molar-refractivity contribution is 7.26. The molecule has 0 saturated heterocycles. The van der Waals surface area contributed by atoms with Crippen molar-refractivity contribution in [3.8, 4) is 61.6 Å². The molecule has 0 radical (unpaired) electrons. The summed E-state index contributed by atoms with van der Waals surface area (Å²) in [6, 6.07) is 142. The maximum Gasteiger partial charge on any atom is 0.179 e. The van der Waals surface area contributed by atoms with Crippen molar-refractivity contribution in [2.75, 3.05) is 0 Å². The predicted octanol–water partition coefficient (Wildman–Crippen LogP) is 25.2. The second-order valence-electron chi connectivity index (χ2n) is 29.0. The largest absolute Gasteiger partial charge is 0.456 e. The van der Waals surface area contributed by atoms with Gasteiger partial charge in [-0.2, -0.15) is 0 Å². The van der Waals surface area contributed by atoms with Crippen LogP contribution < -0.4 is 20.7 Å². The van der Waals surface area contributed by atoms with E-state index in [2.05, 4.69) is 396 Å². The van der Waals surface area contributed by atoms with Crippen LogP contribution >= 0.6 is 11.3 Å². The van der Waals surface area contributed by atoms with Crippen LogP contribution in [0.3, 0.4) is 0 Å². The van der Waals surface area contributed by atoms with Crippen molar-refractivity contribution in [1.82, 2.24) is 13.7 Å². The van der Waals surface area contributed by atoms with Gasteiger partial charge in [0.2, 0.25) is 0 Å². The van der Waals surface area contributed by atoms with Crippen LogP contribution in [0, 0.1) is 0 Å². The van der Waals surface area contributed by atoms with Gasteiger partial charge in [0.25, 0.3) is 0 Å². The van der Waals surface area contributed by atoms with E-state index in [0.717, 1.165) is 105 Å². The van der Waals surface area contributed by atoms with Gasteiger partial charge in [-0.25, -0.2) is 0 Å². The number of para-hydroxylation sites is 4. The Labute approximate surface area is 631 Å². The summed E-state index contributed by atoms with van der Waals surface area (Å²) in [5.41, 5.74) is 23.1. The van der Waals surface area contributed by atoms with Crippen molar-refractivity contribution >= 4 is 170 Å². The first-order valence-corrected chi connectivity index (χ1v) is 40.1. The fourth-order valence-corrected chi connectivity index (χ4v) is 24.3. The molecule has 0 spiro atoms. The number of aromatic nitrogens is 3. The summed E-state index contributed by atoms with van der Waals surface area (Å²) in [5.74, 6) is 0. The molecule has 0 atom stereocenters. The highest BCUT2D eigenvalue weighted by atomic mass is 32.1. The maximum absolute atomic E-state index is 6.66. The number of nitrogens with zero attached hydrogens (tertiary/aromatic N) is 3. The lowest BCUT2D eigenvalue weighted by atomic mass is 9.97. The summed E-state index contributed by atoms with van der Waals surface area (Å²) >= 11 is 1.89. The van der Waals surface area contributed by atoms with Crippen molar-refractivity contribution in [3.05, 3.63) is 382 Å². The van der Waals surface area contributed by atoms with Crippen LogP contribution in [0.15, 0.2) is 391 Å². The molecular weight excluding hydrogens is 1360 g/mol. The molecule has 109 heavy (non-hydrogen) atoms. The van der Waals surface area contributed by atoms with E-state index in [0.29, 0.717) is 0 Å². The summed E-state index contributed by atoms with van der Waals surface area (Å²) in [6.07, 6.45) is 0. The summed E-state index contributed by atoms with van der Waals surface area (Å²) in [5, 5.41) is 19.6. The van der Waals surface area contributed by atoms with Gasteiger partial charge in [0, 0.05) is 91.1 Å². The fourth-order valence-electron chi connectivity index (χ4n) is 18.3. The van der Waals surface area contributed by atoms with Gasteiger partial charge in [0.1, 0.15) is 22.3 Å². The van der Waals surface area contributed by atoms with E-state index in [1.165, 1.54) is 106 Å². The number of furan rings is 2. The van der Waals surface area contributed by atoms with Gasteiger partial charge in [-0.1, -0.05) is 249 Å². The van der Waals surface area contributed by atoms with Crippen molar-refractivity contribution in [2.45, 2.75) is 0 Å². The first-order chi connectivity index (χ1) is 54.0. The van der Waals surface area contributed by atoms with Gasteiger partial charge in [0.05, 0.1) is 33.1 Å². The van der Waals surface area contributed by atoms with Gasteiger partial charge < -0.3 is 22.5 Å². The van der Waals surface area contributed by atoms with E-state index in [1.54, 1.807) is 0 Å². The number of hydrogen-bond donors (Lipinski definition) is 0. The molecular formula is C102H63N3O2SSi. The molecule has 0 N–H and O–H groups in total. The topological polar surface area (TPSA) is 41.1 Å². The Balaban J connectivity index is 0.595. The van der Waals surface area contributed by atoms with Crippen LogP contribution in [0.25, 0.3) is 191 Å². The van der Waals surface area contributed by atoms with Gasteiger partial charge in [-0.15, -0.1) is 11.3 Å². The summed E-state index contributed by atoms with van der Waals surface area (Å²) in [4.78, 5) is 0. The molecule has 7 heteroatoms. The van der Waals surface area contributed by atoms with Crippen molar-refractivity contribution < 1.29 is 8.83 Å². The third kappa shape index (κ3) is 9.44. The van der Waals surface area contributed by atoms with Crippen LogP contribution in [-0.4, -0.2) is 21.8 Å². The van der Waals surface area contributed by atoms with E-state index in [1.807, 2.05) is 11.3 Å². The number of rotatable bonds is 11. The van der Waals surface area contributed by atoms with E-state index in [9.17, 15) is 0 Å². The lowest BCUT2D eigenvalue weighted by Crippen LogP contribution is -2.74. The van der Waals surface area contributed by atoms with Crippen LogP contribution in [0.2, 0.25) is 0 Å². The quantitative estimate of drug-likeness (QED) is 0.0956. The average molecular weight is 1420 g/mol.